The maximum atomic E-state index is 12.7. The molecule has 1 saturated heterocycles. The number of nitrogens with one attached hydrogen (secondary N) is 2. The van der Waals surface area contributed by atoms with Gasteiger partial charge in [-0.05, 0) is 43.2 Å². The molecule has 142 valence electrons. The van der Waals surface area contributed by atoms with Gasteiger partial charge in [-0.3, -0.25) is 4.79 Å². The van der Waals surface area contributed by atoms with Gasteiger partial charge in [-0.1, -0.05) is 18.2 Å². The normalized spacial score (nSPS) is 21.1. The van der Waals surface area contributed by atoms with E-state index in [9.17, 15) is 4.79 Å². The minimum atomic E-state index is 0.0758. The van der Waals surface area contributed by atoms with E-state index in [1.807, 2.05) is 38.1 Å². The summed E-state index contributed by atoms with van der Waals surface area (Å²) in [5.41, 5.74) is 4.37. The highest BCUT2D eigenvalue weighted by molar-refractivity contribution is 5.93. The van der Waals surface area contributed by atoms with Crippen LogP contribution < -0.4 is 19.7 Å². The van der Waals surface area contributed by atoms with Crippen molar-refractivity contribution in [3.63, 3.8) is 0 Å². The number of anilines is 1. The van der Waals surface area contributed by atoms with E-state index < -0.39 is 0 Å². The van der Waals surface area contributed by atoms with Gasteiger partial charge in [0.15, 0.2) is 18.0 Å². The molecule has 4 rings (SSSR count). The van der Waals surface area contributed by atoms with E-state index in [-0.39, 0.29) is 5.91 Å². The second-order valence-electron chi connectivity index (χ2n) is 7.50. The van der Waals surface area contributed by atoms with E-state index in [1.54, 1.807) is 0 Å². The number of quaternary nitrogens is 1. The monoisotopic (exact) mass is 367 g/mol. The molecule has 2 atom stereocenters. The van der Waals surface area contributed by atoms with Crippen LogP contribution in [0.25, 0.3) is 0 Å². The van der Waals surface area contributed by atoms with Gasteiger partial charge in [0.25, 0.3) is 5.91 Å². The number of ether oxygens (including phenoxy) is 2. The number of fused-ring (bicyclic) bond motifs is 1. The van der Waals surface area contributed by atoms with Crippen LogP contribution in [0.3, 0.4) is 0 Å². The van der Waals surface area contributed by atoms with Crippen molar-refractivity contribution in [2.45, 2.75) is 32.7 Å². The van der Waals surface area contributed by atoms with Gasteiger partial charge in [-0.15, -0.1) is 0 Å². The number of rotatable bonds is 4. The van der Waals surface area contributed by atoms with Gasteiger partial charge in [0.05, 0.1) is 6.54 Å². The maximum Gasteiger partial charge on any atom is 0.279 e. The summed E-state index contributed by atoms with van der Waals surface area (Å²) in [4.78, 5) is 14.0. The second kappa shape index (κ2) is 7.61. The molecule has 1 amide bonds. The number of carbonyl (C=O) groups is 1. The molecule has 1 fully saturated rings. The molecule has 2 N–H and O–H groups in total. The smallest absolute Gasteiger partial charge is 0.279 e. The summed E-state index contributed by atoms with van der Waals surface area (Å²) in [6.45, 7) is 6.75. The zero-order valence-electron chi connectivity index (χ0n) is 16.0. The van der Waals surface area contributed by atoms with Gasteiger partial charge >= 0.3 is 0 Å². The first-order valence-corrected chi connectivity index (χ1v) is 9.72. The third-order valence-electron chi connectivity index (χ3n) is 5.59. The van der Waals surface area contributed by atoms with E-state index in [2.05, 4.69) is 17.4 Å². The lowest BCUT2D eigenvalue weighted by Crippen LogP contribution is -3.11. The fourth-order valence-corrected chi connectivity index (χ4v) is 4.20. The molecule has 27 heavy (non-hydrogen) atoms. The predicted octanol–water partition coefficient (Wildman–Crippen LogP) is 2.43. The zero-order valence-corrected chi connectivity index (χ0v) is 16.0. The molecule has 2 aromatic rings. The molecule has 0 bridgehead atoms. The summed E-state index contributed by atoms with van der Waals surface area (Å²) < 4.78 is 11.4. The van der Waals surface area contributed by atoms with Crippen LogP contribution in [0.4, 0.5) is 5.69 Å². The van der Waals surface area contributed by atoms with Crippen molar-refractivity contribution in [2.75, 3.05) is 31.6 Å². The highest BCUT2D eigenvalue weighted by atomic mass is 16.6. The van der Waals surface area contributed by atoms with Crippen molar-refractivity contribution in [2.24, 2.45) is 0 Å². The lowest BCUT2D eigenvalue weighted by Gasteiger charge is -2.24. The van der Waals surface area contributed by atoms with Crippen molar-refractivity contribution in [1.82, 2.24) is 0 Å². The zero-order chi connectivity index (χ0) is 18.8. The number of benzene rings is 2. The average molecular weight is 367 g/mol. The van der Waals surface area contributed by atoms with Crippen molar-refractivity contribution in [3.05, 3.63) is 53.1 Å². The minimum absolute atomic E-state index is 0.0758. The van der Waals surface area contributed by atoms with Crippen molar-refractivity contribution >= 4 is 11.6 Å². The summed E-state index contributed by atoms with van der Waals surface area (Å²) in [5, 5.41) is 3.12. The van der Waals surface area contributed by atoms with Crippen LogP contribution in [0.15, 0.2) is 36.4 Å². The third-order valence-corrected chi connectivity index (χ3v) is 5.59. The molecule has 2 aromatic carbocycles. The number of hydrogen-bond acceptors (Lipinski definition) is 3. The van der Waals surface area contributed by atoms with Crippen LogP contribution in [-0.2, 0) is 4.79 Å². The van der Waals surface area contributed by atoms with Crippen molar-refractivity contribution < 1.29 is 19.2 Å². The Kier molecular flexibility index (Phi) is 5.03. The fraction of sp³-hybridized carbons (Fsp3) is 0.409. The molecular formula is C22H27N2O3+. The van der Waals surface area contributed by atoms with E-state index >= 15 is 0 Å². The minimum Gasteiger partial charge on any atom is -0.486 e. The van der Waals surface area contributed by atoms with Crippen LogP contribution in [0.2, 0.25) is 0 Å². The second-order valence-corrected chi connectivity index (χ2v) is 7.50. The van der Waals surface area contributed by atoms with Gasteiger partial charge in [-0.2, -0.15) is 0 Å². The summed E-state index contributed by atoms with van der Waals surface area (Å²) in [7, 11) is 0. The molecule has 5 heteroatoms. The largest absolute Gasteiger partial charge is 0.486 e. The summed E-state index contributed by atoms with van der Waals surface area (Å²) in [5.74, 6) is 1.72. The van der Waals surface area contributed by atoms with E-state index in [1.165, 1.54) is 10.5 Å². The van der Waals surface area contributed by atoms with Crippen LogP contribution in [-0.4, -0.2) is 32.2 Å². The molecule has 0 aromatic heterocycles. The van der Waals surface area contributed by atoms with E-state index in [0.717, 1.165) is 47.7 Å². The standard InChI is InChI=1S/C22H26N2O3/c1-15-5-3-6-16(2)22(15)23-21(25)14-24-10-4-7-18(24)17-8-9-19-20(13-17)27-12-11-26-19/h3,5-6,8-9,13,18H,4,7,10-12,14H2,1-2H3,(H,23,25)/p+1/t18-/m0/s1. The molecule has 0 radical (unpaired) electrons. The Balaban J connectivity index is 1.46. The lowest BCUT2D eigenvalue weighted by atomic mass is 10.0. The number of carbonyl (C=O) groups excluding carboxylic acids is 1. The molecule has 2 aliphatic rings. The van der Waals surface area contributed by atoms with Crippen LogP contribution in [0.1, 0.15) is 35.6 Å². The van der Waals surface area contributed by atoms with Gasteiger partial charge in [0.1, 0.15) is 19.3 Å². The molecular weight excluding hydrogens is 340 g/mol. The summed E-state index contributed by atoms with van der Waals surface area (Å²) >= 11 is 0. The summed E-state index contributed by atoms with van der Waals surface area (Å²) in [6, 6.07) is 12.6. The number of amides is 1. The quantitative estimate of drug-likeness (QED) is 0.873. The van der Waals surface area contributed by atoms with Crippen molar-refractivity contribution in [1.29, 1.82) is 0 Å². The average Bonchev–Trinajstić information content (AvgIpc) is 3.12. The van der Waals surface area contributed by atoms with Gasteiger partial charge in [0.2, 0.25) is 0 Å². The Labute approximate surface area is 160 Å². The Hall–Kier alpha value is -2.53. The highest BCUT2D eigenvalue weighted by Crippen LogP contribution is 2.33. The van der Waals surface area contributed by atoms with Gasteiger partial charge < -0.3 is 19.7 Å². The lowest BCUT2D eigenvalue weighted by molar-refractivity contribution is -0.910. The molecule has 0 spiro atoms. The first-order valence-electron chi connectivity index (χ1n) is 9.72. The van der Waals surface area contributed by atoms with Gasteiger partial charge in [0, 0.05) is 24.1 Å². The molecule has 0 saturated carbocycles. The van der Waals surface area contributed by atoms with Crippen molar-refractivity contribution in [3.8, 4) is 11.5 Å². The van der Waals surface area contributed by atoms with E-state index in [4.69, 9.17) is 9.47 Å². The van der Waals surface area contributed by atoms with Crippen LogP contribution >= 0.6 is 0 Å². The first-order chi connectivity index (χ1) is 13.1. The molecule has 2 heterocycles. The molecule has 0 aliphatic carbocycles. The fourth-order valence-electron chi connectivity index (χ4n) is 4.20. The third kappa shape index (κ3) is 3.78. The number of para-hydroxylation sites is 1. The Morgan fingerprint density at radius 3 is 2.63 bits per heavy atom. The maximum absolute atomic E-state index is 12.7. The number of hydrogen-bond donors (Lipinski definition) is 2. The topological polar surface area (TPSA) is 52.0 Å². The predicted molar refractivity (Wildman–Crippen MR) is 105 cm³/mol. The number of likely N-dealkylation sites (tertiary alicyclic amines) is 1. The Morgan fingerprint density at radius 1 is 1.11 bits per heavy atom. The first kappa shape index (κ1) is 17.9. The Morgan fingerprint density at radius 2 is 1.85 bits per heavy atom. The molecule has 2 aliphatic heterocycles. The summed E-state index contributed by atoms with van der Waals surface area (Å²) in [6.07, 6.45) is 2.22. The number of aryl methyl sites for hydroxylation is 2. The molecule has 1 unspecified atom stereocenters. The Bertz CT molecular complexity index is 829. The van der Waals surface area contributed by atoms with Gasteiger partial charge in [-0.25, -0.2) is 0 Å². The SMILES string of the molecule is Cc1cccc(C)c1NC(=O)C[NH+]1CCC[C@H]1c1ccc2c(c1)OCCO2. The van der Waals surface area contributed by atoms with E-state index in [0.29, 0.717) is 25.8 Å². The highest BCUT2D eigenvalue weighted by Gasteiger charge is 2.32. The van der Waals surface area contributed by atoms with Crippen LogP contribution in [0.5, 0.6) is 11.5 Å². The molecule has 5 nitrogen and oxygen atoms in total. The van der Waals surface area contributed by atoms with Crippen LogP contribution in [0, 0.1) is 13.8 Å².